The van der Waals surface area contributed by atoms with Gasteiger partial charge in [-0.05, 0) is 37.6 Å². The molecule has 0 saturated carbocycles. The summed E-state index contributed by atoms with van der Waals surface area (Å²) in [6.07, 6.45) is 2.82. The van der Waals surface area contributed by atoms with E-state index in [1.165, 1.54) is 6.08 Å². The van der Waals surface area contributed by atoms with E-state index in [9.17, 15) is 9.59 Å². The molecular weight excluding hydrogens is 330 g/mol. The molecule has 0 spiro atoms. The number of carbonyl (C=O) groups is 2. The summed E-state index contributed by atoms with van der Waals surface area (Å²) in [5.41, 5.74) is 2.93. The zero-order chi connectivity index (χ0) is 17.7. The third-order valence-electron chi connectivity index (χ3n) is 3.38. The van der Waals surface area contributed by atoms with Crippen molar-refractivity contribution in [2.75, 3.05) is 11.9 Å². The van der Waals surface area contributed by atoms with Crippen LogP contribution in [0, 0.1) is 13.8 Å². The second kappa shape index (κ2) is 7.79. The van der Waals surface area contributed by atoms with Crippen LogP contribution in [0.5, 0.6) is 0 Å². The number of halogens is 1. The van der Waals surface area contributed by atoms with E-state index in [-0.39, 0.29) is 6.61 Å². The van der Waals surface area contributed by atoms with Gasteiger partial charge in [0.1, 0.15) is 0 Å². The zero-order valence-electron chi connectivity index (χ0n) is 13.7. The minimum Gasteiger partial charge on any atom is -0.452 e. The highest BCUT2D eigenvalue weighted by atomic mass is 35.5. The van der Waals surface area contributed by atoms with Crippen LogP contribution < -0.4 is 5.32 Å². The van der Waals surface area contributed by atoms with Crippen LogP contribution in [0.25, 0.3) is 6.08 Å². The number of hydrogen-bond acceptors (Lipinski definition) is 4. The van der Waals surface area contributed by atoms with E-state index in [1.807, 2.05) is 6.92 Å². The Hall–Kier alpha value is -2.60. The van der Waals surface area contributed by atoms with Crippen LogP contribution in [0.1, 0.15) is 17.0 Å². The van der Waals surface area contributed by atoms with Gasteiger partial charge in [0.05, 0.1) is 17.1 Å². The molecule has 2 rings (SSSR count). The third-order valence-corrected chi connectivity index (χ3v) is 3.61. The quantitative estimate of drug-likeness (QED) is 0.666. The molecule has 0 saturated heterocycles. The Bertz CT molecular complexity index is 796. The fourth-order valence-electron chi connectivity index (χ4n) is 2.09. The van der Waals surface area contributed by atoms with Crippen molar-refractivity contribution < 1.29 is 14.3 Å². The number of rotatable bonds is 5. The van der Waals surface area contributed by atoms with E-state index in [0.29, 0.717) is 16.4 Å². The molecule has 1 N–H and O–H groups in total. The molecule has 24 heavy (non-hydrogen) atoms. The van der Waals surface area contributed by atoms with Crippen molar-refractivity contribution in [3.8, 4) is 0 Å². The lowest BCUT2D eigenvalue weighted by Crippen LogP contribution is -2.20. The van der Waals surface area contributed by atoms with Crippen LogP contribution >= 0.6 is 11.6 Å². The van der Waals surface area contributed by atoms with Gasteiger partial charge in [-0.2, -0.15) is 5.10 Å². The lowest BCUT2D eigenvalue weighted by Gasteiger charge is -2.05. The van der Waals surface area contributed by atoms with E-state index in [4.69, 9.17) is 16.3 Å². The number of anilines is 1. The van der Waals surface area contributed by atoms with Gasteiger partial charge in [0, 0.05) is 18.1 Å². The summed E-state index contributed by atoms with van der Waals surface area (Å²) in [4.78, 5) is 23.5. The highest BCUT2D eigenvalue weighted by Gasteiger charge is 2.13. The number of carbonyl (C=O) groups excluding carboxylic acids is 2. The number of aromatic nitrogens is 2. The lowest BCUT2D eigenvalue weighted by molar-refractivity contribution is -0.142. The first-order chi connectivity index (χ1) is 11.4. The van der Waals surface area contributed by atoms with Crippen molar-refractivity contribution >= 4 is 35.2 Å². The van der Waals surface area contributed by atoms with Crippen molar-refractivity contribution in [3.05, 3.63) is 52.3 Å². The van der Waals surface area contributed by atoms with Gasteiger partial charge in [0.2, 0.25) is 0 Å². The lowest BCUT2D eigenvalue weighted by atomic mass is 10.2. The van der Waals surface area contributed by atoms with Crippen molar-refractivity contribution in [2.24, 2.45) is 7.05 Å². The Morgan fingerprint density at radius 1 is 1.38 bits per heavy atom. The highest BCUT2D eigenvalue weighted by molar-refractivity contribution is 6.30. The van der Waals surface area contributed by atoms with E-state index in [1.54, 1.807) is 49.0 Å². The number of nitrogens with zero attached hydrogens (tertiary/aromatic N) is 2. The molecular formula is C17H18ClN3O3. The summed E-state index contributed by atoms with van der Waals surface area (Å²) in [7, 11) is 1.79. The maximum Gasteiger partial charge on any atom is 0.331 e. The number of aryl methyl sites for hydroxylation is 2. The van der Waals surface area contributed by atoms with E-state index in [0.717, 1.165) is 11.3 Å². The van der Waals surface area contributed by atoms with Crippen molar-refractivity contribution in [2.45, 2.75) is 13.8 Å². The molecule has 0 radical (unpaired) electrons. The normalized spacial score (nSPS) is 10.8. The minimum atomic E-state index is -0.607. The number of ether oxygens (including phenoxy) is 1. The molecule has 126 valence electrons. The van der Waals surface area contributed by atoms with Gasteiger partial charge in [-0.1, -0.05) is 23.7 Å². The van der Waals surface area contributed by atoms with Crippen LogP contribution in [-0.2, 0) is 21.4 Å². The average Bonchev–Trinajstić information content (AvgIpc) is 2.77. The number of hydrogen-bond donors (Lipinski definition) is 1. The fraction of sp³-hybridized carbons (Fsp3) is 0.235. The SMILES string of the molecule is Cc1nn(C)c(C)c1NC(=O)COC(=O)/C=C/c1cccc(Cl)c1. The highest BCUT2D eigenvalue weighted by Crippen LogP contribution is 2.18. The van der Waals surface area contributed by atoms with Gasteiger partial charge in [-0.15, -0.1) is 0 Å². The molecule has 0 aliphatic carbocycles. The Morgan fingerprint density at radius 3 is 2.75 bits per heavy atom. The monoisotopic (exact) mass is 347 g/mol. The first-order valence-corrected chi connectivity index (χ1v) is 7.65. The molecule has 1 aromatic carbocycles. The van der Waals surface area contributed by atoms with Gasteiger partial charge in [0.25, 0.3) is 5.91 Å². The Kier molecular flexibility index (Phi) is 5.76. The van der Waals surface area contributed by atoms with Crippen LogP contribution in [0.15, 0.2) is 30.3 Å². The summed E-state index contributed by atoms with van der Waals surface area (Å²) in [6, 6.07) is 7.03. The van der Waals surface area contributed by atoms with Gasteiger partial charge >= 0.3 is 5.97 Å². The standard InChI is InChI=1S/C17H18ClN3O3/c1-11-17(12(2)21(3)20-11)19-15(22)10-24-16(23)8-7-13-5-4-6-14(18)9-13/h4-9H,10H2,1-3H3,(H,19,22)/b8-7+. The van der Waals surface area contributed by atoms with Gasteiger partial charge < -0.3 is 10.1 Å². The fourth-order valence-corrected chi connectivity index (χ4v) is 2.29. The van der Waals surface area contributed by atoms with Gasteiger partial charge in [-0.25, -0.2) is 4.79 Å². The minimum absolute atomic E-state index is 0.369. The summed E-state index contributed by atoms with van der Waals surface area (Å²) in [5, 5.41) is 7.47. The predicted octanol–water partition coefficient (Wildman–Crippen LogP) is 2.89. The van der Waals surface area contributed by atoms with E-state index >= 15 is 0 Å². The van der Waals surface area contributed by atoms with Crippen molar-refractivity contribution in [1.29, 1.82) is 0 Å². The molecule has 2 aromatic rings. The van der Waals surface area contributed by atoms with Crippen molar-refractivity contribution in [1.82, 2.24) is 9.78 Å². The summed E-state index contributed by atoms with van der Waals surface area (Å²) in [6.45, 7) is 3.27. The van der Waals surface area contributed by atoms with Crippen LogP contribution in [0.3, 0.4) is 0 Å². The molecule has 0 aliphatic heterocycles. The third kappa shape index (κ3) is 4.70. The van der Waals surface area contributed by atoms with Gasteiger partial charge in [-0.3, -0.25) is 9.48 Å². The predicted molar refractivity (Wildman–Crippen MR) is 92.8 cm³/mol. The summed E-state index contributed by atoms with van der Waals surface area (Å²) in [5.74, 6) is -1.02. The van der Waals surface area contributed by atoms with E-state index in [2.05, 4.69) is 10.4 Å². The maximum atomic E-state index is 11.9. The Labute approximate surface area is 145 Å². The molecule has 1 aromatic heterocycles. The molecule has 0 atom stereocenters. The molecule has 1 amide bonds. The van der Waals surface area contributed by atoms with Crippen LogP contribution in [0.2, 0.25) is 5.02 Å². The Morgan fingerprint density at radius 2 is 2.12 bits per heavy atom. The second-order valence-electron chi connectivity index (χ2n) is 5.21. The first-order valence-electron chi connectivity index (χ1n) is 7.27. The zero-order valence-corrected chi connectivity index (χ0v) is 14.4. The van der Waals surface area contributed by atoms with E-state index < -0.39 is 11.9 Å². The average molecular weight is 348 g/mol. The number of nitrogens with one attached hydrogen (secondary N) is 1. The first kappa shape index (κ1) is 17.7. The smallest absolute Gasteiger partial charge is 0.331 e. The molecule has 6 nitrogen and oxygen atoms in total. The number of esters is 1. The number of amides is 1. The van der Waals surface area contributed by atoms with Crippen molar-refractivity contribution in [3.63, 3.8) is 0 Å². The van der Waals surface area contributed by atoms with Crippen LogP contribution in [-0.4, -0.2) is 28.3 Å². The topological polar surface area (TPSA) is 73.2 Å². The molecule has 1 heterocycles. The maximum absolute atomic E-state index is 11.9. The van der Waals surface area contributed by atoms with Crippen LogP contribution in [0.4, 0.5) is 5.69 Å². The molecule has 0 fully saturated rings. The van der Waals surface area contributed by atoms with Gasteiger partial charge in [0.15, 0.2) is 6.61 Å². The molecule has 7 heteroatoms. The molecule has 0 aliphatic rings. The Balaban J connectivity index is 1.86. The summed E-state index contributed by atoms with van der Waals surface area (Å²) >= 11 is 5.86. The largest absolute Gasteiger partial charge is 0.452 e. The second-order valence-corrected chi connectivity index (χ2v) is 5.65. The summed E-state index contributed by atoms with van der Waals surface area (Å²) < 4.78 is 6.59. The number of benzene rings is 1. The molecule has 0 bridgehead atoms. The molecule has 0 unspecified atom stereocenters.